The van der Waals surface area contributed by atoms with Crippen LogP contribution in [0.5, 0.6) is 5.75 Å². The highest BCUT2D eigenvalue weighted by atomic mass is 35.5. The lowest BCUT2D eigenvalue weighted by molar-refractivity contribution is -0.142. The van der Waals surface area contributed by atoms with E-state index in [2.05, 4.69) is 0 Å². The molecule has 6 heteroatoms. The van der Waals surface area contributed by atoms with Crippen LogP contribution in [0, 0.1) is 6.92 Å². The zero-order valence-corrected chi connectivity index (χ0v) is 14.1. The molecule has 1 amide bonds. The standard InChI is InChI=1S/C16H22ClNO4/c1-10(2)18(8-7-15(19)20)16(21)12(4)22-13-5-6-14(17)11(3)9-13/h5-6,9-10,12H,7-8H2,1-4H3,(H,19,20). The Morgan fingerprint density at radius 1 is 1.32 bits per heavy atom. The summed E-state index contributed by atoms with van der Waals surface area (Å²) in [6.07, 6.45) is -0.784. The molecule has 0 aliphatic heterocycles. The van der Waals surface area contributed by atoms with Crippen molar-refractivity contribution in [1.29, 1.82) is 0 Å². The molecular formula is C16H22ClNO4. The summed E-state index contributed by atoms with van der Waals surface area (Å²) >= 11 is 5.96. The van der Waals surface area contributed by atoms with Gasteiger partial charge in [0.05, 0.1) is 6.42 Å². The van der Waals surface area contributed by atoms with Crippen molar-refractivity contribution in [3.05, 3.63) is 28.8 Å². The van der Waals surface area contributed by atoms with Gasteiger partial charge in [0.25, 0.3) is 5.91 Å². The first-order valence-electron chi connectivity index (χ1n) is 7.17. The number of carbonyl (C=O) groups is 2. The monoisotopic (exact) mass is 327 g/mol. The van der Waals surface area contributed by atoms with Gasteiger partial charge >= 0.3 is 5.97 Å². The van der Waals surface area contributed by atoms with Crippen molar-refractivity contribution in [2.45, 2.75) is 46.3 Å². The molecule has 0 aromatic heterocycles. The number of ether oxygens (including phenoxy) is 1. The number of aryl methyl sites for hydroxylation is 1. The number of carbonyl (C=O) groups excluding carboxylic acids is 1. The molecule has 0 saturated carbocycles. The number of carboxylic acid groups (broad SMARTS) is 1. The molecule has 5 nitrogen and oxygen atoms in total. The predicted molar refractivity (Wildman–Crippen MR) is 85.4 cm³/mol. The van der Waals surface area contributed by atoms with Crippen molar-refractivity contribution in [3.63, 3.8) is 0 Å². The van der Waals surface area contributed by atoms with Crippen molar-refractivity contribution in [3.8, 4) is 5.75 Å². The molecule has 0 heterocycles. The second kappa shape index (κ2) is 8.03. The number of nitrogens with zero attached hydrogens (tertiary/aromatic N) is 1. The minimum absolute atomic E-state index is 0.0866. The van der Waals surface area contributed by atoms with Gasteiger partial charge in [-0.3, -0.25) is 9.59 Å². The Bertz CT molecular complexity index is 545. The Morgan fingerprint density at radius 2 is 1.95 bits per heavy atom. The van der Waals surface area contributed by atoms with Crippen LogP contribution in [0.4, 0.5) is 0 Å². The number of carboxylic acids is 1. The van der Waals surface area contributed by atoms with E-state index < -0.39 is 12.1 Å². The molecule has 1 aromatic rings. The number of aliphatic carboxylic acids is 1. The third-order valence-electron chi connectivity index (χ3n) is 3.26. The van der Waals surface area contributed by atoms with E-state index in [-0.39, 0.29) is 24.9 Å². The van der Waals surface area contributed by atoms with Crippen LogP contribution in [0.25, 0.3) is 0 Å². The minimum Gasteiger partial charge on any atom is -0.481 e. The number of amides is 1. The van der Waals surface area contributed by atoms with Gasteiger partial charge < -0.3 is 14.7 Å². The molecular weight excluding hydrogens is 306 g/mol. The minimum atomic E-state index is -0.930. The highest BCUT2D eigenvalue weighted by molar-refractivity contribution is 6.31. The molecule has 22 heavy (non-hydrogen) atoms. The second-order valence-corrected chi connectivity index (χ2v) is 5.85. The maximum absolute atomic E-state index is 12.4. The third-order valence-corrected chi connectivity index (χ3v) is 3.69. The van der Waals surface area contributed by atoms with Gasteiger partial charge in [-0.2, -0.15) is 0 Å². The molecule has 0 saturated heterocycles. The van der Waals surface area contributed by atoms with E-state index in [1.165, 1.54) is 4.90 Å². The second-order valence-electron chi connectivity index (χ2n) is 5.44. The lowest BCUT2D eigenvalue weighted by atomic mass is 10.2. The fraction of sp³-hybridized carbons (Fsp3) is 0.500. The highest BCUT2D eigenvalue weighted by Gasteiger charge is 2.24. The average Bonchev–Trinajstić information content (AvgIpc) is 2.42. The van der Waals surface area contributed by atoms with E-state index in [1.54, 1.807) is 25.1 Å². The fourth-order valence-corrected chi connectivity index (χ4v) is 2.14. The van der Waals surface area contributed by atoms with Crippen molar-refractivity contribution in [2.75, 3.05) is 6.54 Å². The van der Waals surface area contributed by atoms with Crippen LogP contribution >= 0.6 is 11.6 Å². The number of benzene rings is 1. The number of hydrogen-bond acceptors (Lipinski definition) is 3. The molecule has 0 fully saturated rings. The quantitative estimate of drug-likeness (QED) is 0.835. The van der Waals surface area contributed by atoms with Gasteiger partial charge in [0.15, 0.2) is 6.10 Å². The maximum atomic E-state index is 12.4. The zero-order chi connectivity index (χ0) is 16.9. The first-order chi connectivity index (χ1) is 10.2. The molecule has 1 rings (SSSR count). The van der Waals surface area contributed by atoms with Gasteiger partial charge in [-0.05, 0) is 51.5 Å². The van der Waals surface area contributed by atoms with Crippen LogP contribution in [0.3, 0.4) is 0 Å². The van der Waals surface area contributed by atoms with Gasteiger partial charge in [-0.15, -0.1) is 0 Å². The molecule has 1 atom stereocenters. The Labute approximate surface area is 135 Å². The van der Waals surface area contributed by atoms with Crippen molar-refractivity contribution < 1.29 is 19.4 Å². The van der Waals surface area contributed by atoms with Gasteiger partial charge in [0, 0.05) is 17.6 Å². The SMILES string of the molecule is Cc1cc(OC(C)C(=O)N(CCC(=O)O)C(C)C)ccc1Cl. The Hall–Kier alpha value is -1.75. The molecule has 0 bridgehead atoms. The van der Waals surface area contributed by atoms with E-state index in [0.717, 1.165) is 5.56 Å². The summed E-state index contributed by atoms with van der Waals surface area (Å²) in [6, 6.07) is 5.09. The normalized spacial score (nSPS) is 12.1. The first-order valence-corrected chi connectivity index (χ1v) is 7.55. The fourth-order valence-electron chi connectivity index (χ4n) is 2.02. The van der Waals surface area contributed by atoms with E-state index in [9.17, 15) is 9.59 Å². The maximum Gasteiger partial charge on any atom is 0.305 e. The number of halogens is 1. The van der Waals surface area contributed by atoms with Crippen LogP contribution in [0.15, 0.2) is 18.2 Å². The van der Waals surface area contributed by atoms with Crippen LogP contribution in [0.1, 0.15) is 32.8 Å². The van der Waals surface area contributed by atoms with Gasteiger partial charge in [0.2, 0.25) is 0 Å². The van der Waals surface area contributed by atoms with Crippen LogP contribution in [-0.4, -0.2) is 40.6 Å². The summed E-state index contributed by atoms with van der Waals surface area (Å²) in [5.41, 5.74) is 0.866. The molecule has 122 valence electrons. The molecule has 0 spiro atoms. The molecule has 1 unspecified atom stereocenters. The molecule has 1 aromatic carbocycles. The summed E-state index contributed by atoms with van der Waals surface area (Å²) in [7, 11) is 0. The van der Waals surface area contributed by atoms with Crippen LogP contribution in [0.2, 0.25) is 5.02 Å². The smallest absolute Gasteiger partial charge is 0.305 e. The first kappa shape index (κ1) is 18.3. The summed E-state index contributed by atoms with van der Waals surface area (Å²) in [5, 5.41) is 9.41. The topological polar surface area (TPSA) is 66.8 Å². The highest BCUT2D eigenvalue weighted by Crippen LogP contribution is 2.22. The molecule has 0 radical (unpaired) electrons. The summed E-state index contributed by atoms with van der Waals surface area (Å²) < 4.78 is 5.65. The van der Waals surface area contributed by atoms with E-state index in [4.69, 9.17) is 21.4 Å². The predicted octanol–water partition coefficient (Wildman–Crippen LogP) is 3.13. The Morgan fingerprint density at radius 3 is 2.45 bits per heavy atom. The zero-order valence-electron chi connectivity index (χ0n) is 13.3. The van der Waals surface area contributed by atoms with E-state index >= 15 is 0 Å². The Kier molecular flexibility index (Phi) is 6.68. The van der Waals surface area contributed by atoms with E-state index in [0.29, 0.717) is 10.8 Å². The van der Waals surface area contributed by atoms with Gasteiger partial charge in [-0.25, -0.2) is 0 Å². The molecule has 0 aliphatic carbocycles. The van der Waals surface area contributed by atoms with Crippen LogP contribution in [-0.2, 0) is 9.59 Å². The number of hydrogen-bond donors (Lipinski definition) is 1. The number of rotatable bonds is 7. The van der Waals surface area contributed by atoms with E-state index in [1.807, 2.05) is 20.8 Å². The Balaban J connectivity index is 2.75. The van der Waals surface area contributed by atoms with Crippen molar-refractivity contribution in [2.24, 2.45) is 0 Å². The summed E-state index contributed by atoms with van der Waals surface area (Å²) in [5.74, 6) is -0.603. The van der Waals surface area contributed by atoms with Gasteiger partial charge in [-0.1, -0.05) is 11.6 Å². The van der Waals surface area contributed by atoms with Crippen molar-refractivity contribution >= 4 is 23.5 Å². The van der Waals surface area contributed by atoms with Crippen molar-refractivity contribution in [1.82, 2.24) is 4.90 Å². The van der Waals surface area contributed by atoms with Gasteiger partial charge in [0.1, 0.15) is 5.75 Å². The molecule has 0 aliphatic rings. The molecule has 1 N–H and O–H groups in total. The van der Waals surface area contributed by atoms with Crippen LogP contribution < -0.4 is 4.74 Å². The largest absolute Gasteiger partial charge is 0.481 e. The summed E-state index contributed by atoms with van der Waals surface area (Å²) in [4.78, 5) is 24.6. The average molecular weight is 328 g/mol. The lowest BCUT2D eigenvalue weighted by Crippen LogP contribution is -2.45. The summed E-state index contributed by atoms with van der Waals surface area (Å²) in [6.45, 7) is 7.37. The third kappa shape index (κ3) is 5.22. The lowest BCUT2D eigenvalue weighted by Gasteiger charge is -2.29.